The molecule has 0 saturated heterocycles. The monoisotopic (exact) mass is 255 g/mol. The van der Waals surface area contributed by atoms with Crippen LogP contribution in [-0.2, 0) is 4.79 Å². The van der Waals surface area contributed by atoms with Crippen LogP contribution in [0.15, 0.2) is 54.9 Å². The van der Waals surface area contributed by atoms with Crippen molar-refractivity contribution in [3.05, 3.63) is 60.4 Å². The Labute approximate surface area is 115 Å². The maximum absolute atomic E-state index is 11.9. The predicted octanol–water partition coefficient (Wildman–Crippen LogP) is 4.22. The lowest BCUT2D eigenvalue weighted by Crippen LogP contribution is -2.21. The summed E-state index contributed by atoms with van der Waals surface area (Å²) in [6.07, 6.45) is 11.8. The van der Waals surface area contributed by atoms with Gasteiger partial charge in [-0.2, -0.15) is 0 Å². The normalized spacial score (nSPS) is 14.9. The van der Waals surface area contributed by atoms with Crippen LogP contribution in [-0.4, -0.2) is 10.8 Å². The molecular weight excluding hydrogens is 234 g/mol. The Balaban J connectivity index is 1.90. The minimum atomic E-state index is 0.187. The summed E-state index contributed by atoms with van der Waals surface area (Å²) >= 11 is 0. The molecule has 2 nitrogen and oxygen atoms in total. The summed E-state index contributed by atoms with van der Waals surface area (Å²) in [6.45, 7) is 2.15. The van der Waals surface area contributed by atoms with Gasteiger partial charge in [-0.05, 0) is 12.0 Å². The molecular formula is C17H21NO. The topological polar surface area (TPSA) is 20.3 Å². The molecule has 0 aromatic heterocycles. The highest BCUT2D eigenvalue weighted by atomic mass is 16.2. The fourth-order valence-corrected chi connectivity index (χ4v) is 2.20. The van der Waals surface area contributed by atoms with Gasteiger partial charge in [0, 0.05) is 24.7 Å². The molecule has 2 rings (SSSR count). The molecule has 0 spiro atoms. The molecule has 0 unspecified atom stereocenters. The van der Waals surface area contributed by atoms with Crippen LogP contribution in [0.25, 0.3) is 0 Å². The van der Waals surface area contributed by atoms with Crippen LogP contribution >= 0.6 is 0 Å². The molecule has 0 aliphatic carbocycles. The molecule has 1 aromatic rings. The van der Waals surface area contributed by atoms with Crippen molar-refractivity contribution in [2.24, 2.45) is 0 Å². The van der Waals surface area contributed by atoms with Crippen LogP contribution in [0.5, 0.6) is 0 Å². The first-order chi connectivity index (χ1) is 9.31. The van der Waals surface area contributed by atoms with Gasteiger partial charge in [0.25, 0.3) is 0 Å². The lowest BCUT2D eigenvalue weighted by Gasteiger charge is -2.20. The summed E-state index contributed by atoms with van der Waals surface area (Å²) < 4.78 is 0. The molecule has 1 heterocycles. The summed E-state index contributed by atoms with van der Waals surface area (Å²) in [5.41, 5.74) is 1.26. The third kappa shape index (κ3) is 3.82. The van der Waals surface area contributed by atoms with Gasteiger partial charge in [-0.25, -0.2) is 0 Å². The first-order valence-corrected chi connectivity index (χ1v) is 7.04. The van der Waals surface area contributed by atoms with Gasteiger partial charge in [-0.1, -0.05) is 62.2 Å². The van der Waals surface area contributed by atoms with E-state index in [2.05, 4.69) is 31.2 Å². The highest BCUT2D eigenvalue weighted by molar-refractivity contribution is 5.78. The quantitative estimate of drug-likeness (QED) is 0.721. The number of hydrogen-bond donors (Lipinski definition) is 0. The van der Waals surface area contributed by atoms with Gasteiger partial charge in [0.2, 0.25) is 5.91 Å². The molecule has 1 amide bonds. The smallest absolute Gasteiger partial charge is 0.230 e. The van der Waals surface area contributed by atoms with E-state index in [1.54, 1.807) is 4.90 Å². The molecule has 0 saturated carbocycles. The fraction of sp³-hybridized carbons (Fsp3) is 0.353. The van der Waals surface area contributed by atoms with E-state index in [0.29, 0.717) is 6.42 Å². The molecule has 2 heteroatoms. The summed E-state index contributed by atoms with van der Waals surface area (Å²) in [4.78, 5) is 13.6. The Morgan fingerprint density at radius 2 is 1.79 bits per heavy atom. The zero-order valence-electron chi connectivity index (χ0n) is 11.5. The van der Waals surface area contributed by atoms with Crippen LogP contribution in [0.3, 0.4) is 0 Å². The molecule has 0 atom stereocenters. The lowest BCUT2D eigenvalue weighted by atomic mass is 9.98. The van der Waals surface area contributed by atoms with E-state index in [0.717, 1.165) is 19.3 Å². The second-order valence-corrected chi connectivity index (χ2v) is 4.88. The Hall–Kier alpha value is -1.83. The summed E-state index contributed by atoms with van der Waals surface area (Å²) in [5, 5.41) is 0. The van der Waals surface area contributed by atoms with Crippen LogP contribution in [0, 0.1) is 0 Å². The Kier molecular flexibility index (Phi) is 4.96. The van der Waals surface area contributed by atoms with Gasteiger partial charge >= 0.3 is 0 Å². The van der Waals surface area contributed by atoms with Gasteiger partial charge < -0.3 is 0 Å². The number of nitrogens with zero attached hydrogens (tertiary/aromatic N) is 1. The third-order valence-corrected chi connectivity index (χ3v) is 3.37. The Morgan fingerprint density at radius 1 is 1.11 bits per heavy atom. The van der Waals surface area contributed by atoms with Crippen molar-refractivity contribution in [1.29, 1.82) is 0 Å². The zero-order chi connectivity index (χ0) is 13.5. The van der Waals surface area contributed by atoms with Crippen molar-refractivity contribution in [1.82, 2.24) is 4.90 Å². The number of allylic oxidation sites excluding steroid dienone is 2. The van der Waals surface area contributed by atoms with E-state index in [9.17, 15) is 4.79 Å². The first-order valence-electron chi connectivity index (χ1n) is 7.04. The van der Waals surface area contributed by atoms with E-state index >= 15 is 0 Å². The molecule has 0 radical (unpaired) electrons. The fourth-order valence-electron chi connectivity index (χ4n) is 2.20. The van der Waals surface area contributed by atoms with Crippen LogP contribution < -0.4 is 0 Å². The van der Waals surface area contributed by atoms with Crippen LogP contribution in [0.2, 0.25) is 0 Å². The maximum atomic E-state index is 11.9. The molecule has 0 N–H and O–H groups in total. The van der Waals surface area contributed by atoms with Crippen molar-refractivity contribution in [2.75, 3.05) is 0 Å². The van der Waals surface area contributed by atoms with Gasteiger partial charge in [0.1, 0.15) is 0 Å². The largest absolute Gasteiger partial charge is 0.295 e. The summed E-state index contributed by atoms with van der Waals surface area (Å²) in [7, 11) is 0. The third-order valence-electron chi connectivity index (χ3n) is 3.37. The number of carbonyl (C=O) groups excluding carboxylic acids is 1. The summed E-state index contributed by atoms with van der Waals surface area (Å²) in [5.74, 6) is 0.466. The van der Waals surface area contributed by atoms with E-state index in [-0.39, 0.29) is 11.8 Å². The standard InChI is InChI=1S/C17H21NO/c1-2-3-5-10-17(19)18-13-11-16(12-14-18)15-8-6-4-7-9-15/h4,6-9,11-14,16H,2-3,5,10H2,1H3. The average Bonchev–Trinajstić information content (AvgIpc) is 2.48. The number of benzene rings is 1. The number of amides is 1. The number of rotatable bonds is 5. The maximum Gasteiger partial charge on any atom is 0.230 e. The molecule has 1 aliphatic rings. The van der Waals surface area contributed by atoms with Crippen molar-refractivity contribution in [2.45, 2.75) is 38.5 Å². The molecule has 100 valence electrons. The van der Waals surface area contributed by atoms with Crippen molar-refractivity contribution >= 4 is 5.91 Å². The van der Waals surface area contributed by atoms with E-state index in [1.165, 1.54) is 5.56 Å². The van der Waals surface area contributed by atoms with Gasteiger partial charge in [0.15, 0.2) is 0 Å². The minimum absolute atomic E-state index is 0.187. The Bertz CT molecular complexity index is 447. The number of unbranched alkanes of at least 4 members (excludes halogenated alkanes) is 2. The average molecular weight is 255 g/mol. The Morgan fingerprint density at radius 3 is 2.42 bits per heavy atom. The first kappa shape index (κ1) is 13.6. The SMILES string of the molecule is CCCCCC(=O)N1C=CC(c2ccccc2)C=C1. The predicted molar refractivity (Wildman–Crippen MR) is 78.5 cm³/mol. The number of carbonyl (C=O) groups is 1. The van der Waals surface area contributed by atoms with E-state index in [1.807, 2.05) is 30.6 Å². The van der Waals surface area contributed by atoms with Gasteiger partial charge in [0.05, 0.1) is 0 Å². The van der Waals surface area contributed by atoms with E-state index < -0.39 is 0 Å². The molecule has 0 bridgehead atoms. The zero-order valence-corrected chi connectivity index (χ0v) is 11.5. The molecule has 1 aliphatic heterocycles. The van der Waals surface area contributed by atoms with Gasteiger partial charge in [-0.3, -0.25) is 9.69 Å². The van der Waals surface area contributed by atoms with Crippen LogP contribution in [0.4, 0.5) is 0 Å². The molecule has 0 fully saturated rings. The van der Waals surface area contributed by atoms with Gasteiger partial charge in [-0.15, -0.1) is 0 Å². The minimum Gasteiger partial charge on any atom is -0.295 e. The highest BCUT2D eigenvalue weighted by Crippen LogP contribution is 2.22. The van der Waals surface area contributed by atoms with Crippen molar-refractivity contribution < 1.29 is 4.79 Å². The van der Waals surface area contributed by atoms with Crippen molar-refractivity contribution in [3.8, 4) is 0 Å². The highest BCUT2D eigenvalue weighted by Gasteiger charge is 2.13. The molecule has 1 aromatic carbocycles. The van der Waals surface area contributed by atoms with Crippen LogP contribution in [0.1, 0.15) is 44.1 Å². The second kappa shape index (κ2) is 6.93. The van der Waals surface area contributed by atoms with Crippen molar-refractivity contribution in [3.63, 3.8) is 0 Å². The molecule has 19 heavy (non-hydrogen) atoms. The lowest BCUT2D eigenvalue weighted by molar-refractivity contribution is -0.126. The van der Waals surface area contributed by atoms with E-state index in [4.69, 9.17) is 0 Å². The second-order valence-electron chi connectivity index (χ2n) is 4.88. The number of hydrogen-bond acceptors (Lipinski definition) is 1. The summed E-state index contributed by atoms with van der Waals surface area (Å²) in [6, 6.07) is 10.3.